The predicted octanol–water partition coefficient (Wildman–Crippen LogP) is 0.802. The minimum absolute atomic E-state index is 0.00846. The first-order chi connectivity index (χ1) is 9.95. The Hall–Kier alpha value is -1.83. The van der Waals surface area contributed by atoms with Crippen molar-refractivity contribution in [2.75, 3.05) is 24.1 Å². The van der Waals surface area contributed by atoms with Gasteiger partial charge in [-0.05, 0) is 12.3 Å². The summed E-state index contributed by atoms with van der Waals surface area (Å²) in [6.07, 6.45) is 1.27. The molecule has 8 heteroatoms. The largest absolute Gasteiger partial charge is 0.382 e. The third-order valence-corrected chi connectivity index (χ3v) is 4.14. The molecule has 1 aromatic heterocycles. The first-order valence-electron chi connectivity index (χ1n) is 7.03. The molecule has 1 fully saturated rings. The van der Waals surface area contributed by atoms with Gasteiger partial charge in [-0.2, -0.15) is 0 Å². The Bertz CT molecular complexity index is 529. The number of carbonyl (C=O) groups excluding carboxylic acids is 2. The van der Waals surface area contributed by atoms with Gasteiger partial charge in [0.05, 0.1) is 0 Å². The fourth-order valence-corrected chi connectivity index (χ4v) is 2.80. The summed E-state index contributed by atoms with van der Waals surface area (Å²) in [5, 5.41) is 9.40. The van der Waals surface area contributed by atoms with Crippen LogP contribution in [0.25, 0.3) is 0 Å². The lowest BCUT2D eigenvalue weighted by atomic mass is 10.2. The van der Waals surface area contributed by atoms with Gasteiger partial charge in [0.2, 0.25) is 5.91 Å². The molecule has 1 aliphatic heterocycles. The molecule has 0 radical (unpaired) electrons. The van der Waals surface area contributed by atoms with Gasteiger partial charge in [0.15, 0.2) is 5.13 Å². The van der Waals surface area contributed by atoms with E-state index in [2.05, 4.69) is 34.8 Å². The molecular formula is C13H21N5O2S. The molecule has 0 aromatic carbocycles. The molecule has 0 spiro atoms. The van der Waals surface area contributed by atoms with Crippen LogP contribution in [0.1, 0.15) is 36.4 Å². The summed E-state index contributed by atoms with van der Waals surface area (Å²) in [5.41, 5.74) is 5.78. The number of nitrogens with one attached hydrogen (secondary N) is 3. The summed E-state index contributed by atoms with van der Waals surface area (Å²) >= 11 is 1.25. The van der Waals surface area contributed by atoms with E-state index >= 15 is 0 Å². The zero-order chi connectivity index (χ0) is 15.4. The van der Waals surface area contributed by atoms with E-state index in [-0.39, 0.29) is 23.7 Å². The molecule has 2 heterocycles. The maximum atomic E-state index is 12.1. The minimum atomic E-state index is -0.247. The highest BCUT2D eigenvalue weighted by Gasteiger charge is 2.22. The topological polar surface area (TPSA) is 109 Å². The first kappa shape index (κ1) is 15.6. The summed E-state index contributed by atoms with van der Waals surface area (Å²) in [6, 6.07) is 0.00846. The van der Waals surface area contributed by atoms with Gasteiger partial charge >= 0.3 is 0 Å². The van der Waals surface area contributed by atoms with Crippen molar-refractivity contribution in [3.05, 3.63) is 4.88 Å². The molecular weight excluding hydrogens is 290 g/mol. The molecule has 2 amide bonds. The molecule has 0 aliphatic carbocycles. The number of nitrogens with zero attached hydrogens (tertiary/aromatic N) is 1. The Morgan fingerprint density at radius 1 is 1.57 bits per heavy atom. The summed E-state index contributed by atoms with van der Waals surface area (Å²) in [7, 11) is 0. The molecule has 5 N–H and O–H groups in total. The van der Waals surface area contributed by atoms with Crippen LogP contribution in [0.15, 0.2) is 0 Å². The second kappa shape index (κ2) is 6.75. The smallest absolute Gasteiger partial charge is 0.265 e. The SMILES string of the molecule is CC(C)CNc1nc(N)c(C(=O)NCC2CCC(=O)N2)s1. The number of nitrogens with two attached hydrogens (primary N) is 1. The molecule has 0 saturated carbocycles. The van der Waals surface area contributed by atoms with Crippen LogP contribution in [0.3, 0.4) is 0 Å². The molecule has 1 aliphatic rings. The number of amides is 2. The van der Waals surface area contributed by atoms with Gasteiger partial charge in [0.25, 0.3) is 5.91 Å². The zero-order valence-electron chi connectivity index (χ0n) is 12.2. The van der Waals surface area contributed by atoms with E-state index in [0.717, 1.165) is 13.0 Å². The normalized spacial score (nSPS) is 17.9. The van der Waals surface area contributed by atoms with Crippen molar-refractivity contribution in [1.29, 1.82) is 0 Å². The van der Waals surface area contributed by atoms with Gasteiger partial charge < -0.3 is 21.7 Å². The molecule has 2 rings (SSSR count). The molecule has 0 bridgehead atoms. The quantitative estimate of drug-likeness (QED) is 0.621. The number of thiazole rings is 1. The number of aromatic nitrogens is 1. The highest BCUT2D eigenvalue weighted by Crippen LogP contribution is 2.25. The lowest BCUT2D eigenvalue weighted by Gasteiger charge is -2.10. The van der Waals surface area contributed by atoms with E-state index < -0.39 is 0 Å². The number of anilines is 2. The number of hydrogen-bond donors (Lipinski definition) is 4. The van der Waals surface area contributed by atoms with Crippen LogP contribution in [-0.2, 0) is 4.79 Å². The zero-order valence-corrected chi connectivity index (χ0v) is 13.0. The lowest BCUT2D eigenvalue weighted by molar-refractivity contribution is -0.119. The highest BCUT2D eigenvalue weighted by atomic mass is 32.1. The molecule has 1 atom stereocenters. The second-order valence-corrected chi connectivity index (χ2v) is 6.52. The fraction of sp³-hybridized carbons (Fsp3) is 0.615. The van der Waals surface area contributed by atoms with Crippen molar-refractivity contribution >= 4 is 34.1 Å². The number of rotatable bonds is 6. The summed E-state index contributed by atoms with van der Waals surface area (Å²) < 4.78 is 0. The van der Waals surface area contributed by atoms with Crippen LogP contribution in [-0.4, -0.2) is 35.9 Å². The first-order valence-corrected chi connectivity index (χ1v) is 7.85. The van der Waals surface area contributed by atoms with Crippen LogP contribution in [0.4, 0.5) is 10.9 Å². The van der Waals surface area contributed by atoms with Crippen molar-refractivity contribution in [1.82, 2.24) is 15.6 Å². The molecule has 1 aromatic rings. The monoisotopic (exact) mass is 311 g/mol. The van der Waals surface area contributed by atoms with Crippen molar-refractivity contribution in [2.45, 2.75) is 32.7 Å². The number of carbonyl (C=O) groups is 2. The van der Waals surface area contributed by atoms with Gasteiger partial charge in [0, 0.05) is 25.6 Å². The Morgan fingerprint density at radius 2 is 2.33 bits per heavy atom. The second-order valence-electron chi connectivity index (χ2n) is 5.52. The van der Waals surface area contributed by atoms with Crippen LogP contribution in [0, 0.1) is 5.92 Å². The third-order valence-electron chi connectivity index (χ3n) is 3.12. The third kappa shape index (κ3) is 4.32. The van der Waals surface area contributed by atoms with E-state index in [1.165, 1.54) is 11.3 Å². The molecule has 116 valence electrons. The van der Waals surface area contributed by atoms with Crippen molar-refractivity contribution in [3.63, 3.8) is 0 Å². The highest BCUT2D eigenvalue weighted by molar-refractivity contribution is 7.18. The predicted molar refractivity (Wildman–Crippen MR) is 83.4 cm³/mol. The van der Waals surface area contributed by atoms with E-state index in [0.29, 0.717) is 28.9 Å². The minimum Gasteiger partial charge on any atom is -0.382 e. The van der Waals surface area contributed by atoms with Crippen molar-refractivity contribution in [2.24, 2.45) is 5.92 Å². The standard InChI is InChI=1S/C13H21N5O2S/c1-7(2)5-16-13-18-11(14)10(21-13)12(20)15-6-8-3-4-9(19)17-8/h7-8H,3-6,14H2,1-2H3,(H,15,20)(H,16,18)(H,17,19). The van der Waals surface area contributed by atoms with Gasteiger partial charge in [-0.3, -0.25) is 9.59 Å². The van der Waals surface area contributed by atoms with E-state index in [4.69, 9.17) is 5.73 Å². The summed E-state index contributed by atoms with van der Waals surface area (Å²) in [6.45, 7) is 5.37. The average Bonchev–Trinajstić information content (AvgIpc) is 3.00. The van der Waals surface area contributed by atoms with Crippen LogP contribution < -0.4 is 21.7 Å². The number of nitrogen functional groups attached to an aromatic ring is 1. The molecule has 21 heavy (non-hydrogen) atoms. The Kier molecular flexibility index (Phi) is 5.00. The van der Waals surface area contributed by atoms with Gasteiger partial charge in [0.1, 0.15) is 10.7 Å². The van der Waals surface area contributed by atoms with Crippen LogP contribution >= 0.6 is 11.3 Å². The number of hydrogen-bond acceptors (Lipinski definition) is 6. The average molecular weight is 311 g/mol. The molecule has 1 saturated heterocycles. The van der Waals surface area contributed by atoms with E-state index in [1.54, 1.807) is 0 Å². The van der Waals surface area contributed by atoms with Gasteiger partial charge in [-0.15, -0.1) is 0 Å². The van der Waals surface area contributed by atoms with Crippen molar-refractivity contribution < 1.29 is 9.59 Å². The summed E-state index contributed by atoms with van der Waals surface area (Å²) in [5.74, 6) is 0.507. The Labute approximate surface area is 127 Å². The van der Waals surface area contributed by atoms with Gasteiger partial charge in [-0.1, -0.05) is 25.2 Å². The Balaban J connectivity index is 1.88. The van der Waals surface area contributed by atoms with Crippen LogP contribution in [0.5, 0.6) is 0 Å². The van der Waals surface area contributed by atoms with Crippen molar-refractivity contribution in [3.8, 4) is 0 Å². The maximum Gasteiger partial charge on any atom is 0.265 e. The van der Waals surface area contributed by atoms with Gasteiger partial charge in [-0.25, -0.2) is 4.98 Å². The maximum absolute atomic E-state index is 12.1. The Morgan fingerprint density at radius 3 is 2.95 bits per heavy atom. The van der Waals surface area contributed by atoms with E-state index in [9.17, 15) is 9.59 Å². The fourth-order valence-electron chi connectivity index (χ4n) is 1.99. The van der Waals surface area contributed by atoms with E-state index in [1.807, 2.05) is 0 Å². The lowest BCUT2D eigenvalue weighted by Crippen LogP contribution is -2.38. The summed E-state index contributed by atoms with van der Waals surface area (Å²) in [4.78, 5) is 27.7. The molecule has 1 unspecified atom stereocenters. The molecule has 7 nitrogen and oxygen atoms in total. The van der Waals surface area contributed by atoms with Crippen LogP contribution in [0.2, 0.25) is 0 Å².